The number of nitrogens with zero attached hydrogens (tertiary/aromatic N) is 1. The van der Waals surface area contributed by atoms with Crippen LogP contribution in [0.4, 0.5) is 13.2 Å². The number of methoxy groups -OCH3 is 1. The molecule has 3 atom stereocenters. The maximum Gasteiger partial charge on any atom is 0.471 e. The van der Waals surface area contributed by atoms with Crippen LogP contribution >= 0.6 is 0 Å². The van der Waals surface area contributed by atoms with Crippen LogP contribution in [0, 0.1) is 5.92 Å². The van der Waals surface area contributed by atoms with Gasteiger partial charge in [-0.25, -0.2) is 4.79 Å². The van der Waals surface area contributed by atoms with Gasteiger partial charge in [-0.05, 0) is 26.2 Å². The van der Waals surface area contributed by atoms with Crippen molar-refractivity contribution in [3.05, 3.63) is 12.7 Å². The van der Waals surface area contributed by atoms with Crippen molar-refractivity contribution < 1.29 is 32.3 Å². The molecule has 1 aliphatic rings. The molecule has 0 aromatic carbocycles. The number of nitrogens with one attached hydrogen (secondary N) is 1. The largest absolute Gasteiger partial charge is 0.471 e. The molecule has 1 N–H and O–H groups in total. The van der Waals surface area contributed by atoms with Crippen LogP contribution in [0.1, 0.15) is 26.2 Å². The summed E-state index contributed by atoms with van der Waals surface area (Å²) >= 11 is 0. The quantitative estimate of drug-likeness (QED) is 0.581. The zero-order chi connectivity index (χ0) is 18.5. The number of carbonyl (C=O) groups excluding carboxylic acids is 3. The van der Waals surface area contributed by atoms with Gasteiger partial charge in [0.1, 0.15) is 6.04 Å². The summed E-state index contributed by atoms with van der Waals surface area (Å²) in [6, 6.07) is -1.82. The third-order valence-electron chi connectivity index (χ3n) is 3.97. The monoisotopic (exact) mass is 350 g/mol. The van der Waals surface area contributed by atoms with Crippen LogP contribution in [0.15, 0.2) is 12.7 Å². The molecule has 0 radical (unpaired) electrons. The van der Waals surface area contributed by atoms with Gasteiger partial charge in [0.25, 0.3) is 0 Å². The number of halogens is 3. The molecule has 1 rings (SSSR count). The summed E-state index contributed by atoms with van der Waals surface area (Å²) in [7, 11) is 1.21. The van der Waals surface area contributed by atoms with Crippen LogP contribution in [0.25, 0.3) is 0 Å². The van der Waals surface area contributed by atoms with Gasteiger partial charge < -0.3 is 15.0 Å². The van der Waals surface area contributed by atoms with E-state index in [4.69, 9.17) is 0 Å². The first-order chi connectivity index (χ1) is 11.1. The predicted molar refractivity (Wildman–Crippen MR) is 78.7 cm³/mol. The van der Waals surface area contributed by atoms with Crippen LogP contribution in [0.2, 0.25) is 0 Å². The van der Waals surface area contributed by atoms with Gasteiger partial charge in [0.2, 0.25) is 5.91 Å². The smallest absolute Gasteiger partial charge is 0.467 e. The predicted octanol–water partition coefficient (Wildman–Crippen LogP) is 1.41. The number of alkyl halides is 3. The number of ether oxygens (including phenoxy) is 1. The van der Waals surface area contributed by atoms with Crippen molar-refractivity contribution in [2.24, 2.45) is 5.92 Å². The van der Waals surface area contributed by atoms with E-state index in [1.165, 1.54) is 25.0 Å². The lowest BCUT2D eigenvalue weighted by Crippen LogP contribution is -2.51. The molecule has 1 heterocycles. The fourth-order valence-electron chi connectivity index (χ4n) is 2.71. The number of esters is 1. The van der Waals surface area contributed by atoms with Crippen molar-refractivity contribution >= 4 is 17.8 Å². The summed E-state index contributed by atoms with van der Waals surface area (Å²) in [5.41, 5.74) is 0. The van der Waals surface area contributed by atoms with Gasteiger partial charge >= 0.3 is 18.1 Å². The fraction of sp³-hybridized carbons (Fsp3) is 0.667. The second kappa shape index (κ2) is 8.16. The van der Waals surface area contributed by atoms with E-state index >= 15 is 0 Å². The van der Waals surface area contributed by atoms with Crippen LogP contribution in [-0.2, 0) is 19.1 Å². The zero-order valence-corrected chi connectivity index (χ0v) is 13.6. The molecule has 0 aromatic rings. The number of carbonyl (C=O) groups is 3. The topological polar surface area (TPSA) is 75.7 Å². The van der Waals surface area contributed by atoms with E-state index in [-0.39, 0.29) is 6.42 Å². The van der Waals surface area contributed by atoms with Crippen molar-refractivity contribution in [3.8, 4) is 0 Å². The Hall–Kier alpha value is -2.06. The first kappa shape index (κ1) is 20.0. The van der Waals surface area contributed by atoms with Gasteiger partial charge in [-0.3, -0.25) is 9.59 Å². The highest BCUT2D eigenvalue weighted by Crippen LogP contribution is 2.24. The first-order valence-electron chi connectivity index (χ1n) is 7.50. The summed E-state index contributed by atoms with van der Waals surface area (Å²) < 4.78 is 41.8. The maximum absolute atomic E-state index is 12.7. The van der Waals surface area contributed by atoms with Crippen molar-refractivity contribution in [1.82, 2.24) is 10.2 Å². The molecule has 0 bridgehead atoms. The Balaban J connectivity index is 2.90. The highest BCUT2D eigenvalue weighted by Gasteiger charge is 2.43. The minimum atomic E-state index is -5.03. The maximum atomic E-state index is 12.7. The standard InChI is InChI=1S/C15H21F3N2O4/c1-4-6-10(9(2)19-14(23)15(16,17)18)12(21)20-8-5-7-11(20)13(22)24-3/h4,9-11H,1,5-8H2,2-3H3,(H,19,23)/t9-,10-,11-/m0/s1. The molecule has 6 nitrogen and oxygen atoms in total. The summed E-state index contributed by atoms with van der Waals surface area (Å²) in [4.78, 5) is 36.8. The average Bonchev–Trinajstić information content (AvgIpc) is 2.99. The van der Waals surface area contributed by atoms with Crippen molar-refractivity contribution in [1.29, 1.82) is 0 Å². The molecular formula is C15H21F3N2O4. The lowest BCUT2D eigenvalue weighted by Gasteiger charge is -2.30. The van der Waals surface area contributed by atoms with E-state index in [1.807, 2.05) is 0 Å². The molecule has 9 heteroatoms. The van der Waals surface area contributed by atoms with E-state index in [1.54, 1.807) is 5.32 Å². The fourth-order valence-corrected chi connectivity index (χ4v) is 2.71. The van der Waals surface area contributed by atoms with Gasteiger partial charge in [-0.15, -0.1) is 6.58 Å². The van der Waals surface area contributed by atoms with E-state index in [9.17, 15) is 27.6 Å². The summed E-state index contributed by atoms with van der Waals surface area (Å²) in [5, 5.41) is 1.79. The number of allylic oxidation sites excluding steroid dienone is 1. The normalized spacial score (nSPS) is 20.2. The van der Waals surface area contributed by atoms with Gasteiger partial charge in [-0.2, -0.15) is 13.2 Å². The number of rotatable bonds is 6. The van der Waals surface area contributed by atoms with Crippen molar-refractivity contribution in [2.45, 2.75) is 44.4 Å². The van der Waals surface area contributed by atoms with E-state index in [0.717, 1.165) is 0 Å². The van der Waals surface area contributed by atoms with Crippen molar-refractivity contribution in [3.63, 3.8) is 0 Å². The van der Waals surface area contributed by atoms with Gasteiger partial charge in [0.15, 0.2) is 0 Å². The zero-order valence-electron chi connectivity index (χ0n) is 13.6. The van der Waals surface area contributed by atoms with Gasteiger partial charge in [0.05, 0.1) is 13.0 Å². The molecule has 0 aliphatic carbocycles. The van der Waals surface area contributed by atoms with Crippen LogP contribution < -0.4 is 5.32 Å². The van der Waals surface area contributed by atoms with Gasteiger partial charge in [-0.1, -0.05) is 6.08 Å². The Morgan fingerprint density at radius 3 is 2.54 bits per heavy atom. The number of hydrogen-bond acceptors (Lipinski definition) is 4. The highest BCUT2D eigenvalue weighted by molar-refractivity contribution is 5.88. The highest BCUT2D eigenvalue weighted by atomic mass is 19.4. The molecule has 0 spiro atoms. The molecule has 1 aliphatic heterocycles. The second-order valence-corrected chi connectivity index (χ2v) is 5.60. The molecule has 2 amide bonds. The van der Waals surface area contributed by atoms with E-state index in [2.05, 4.69) is 11.3 Å². The molecule has 24 heavy (non-hydrogen) atoms. The Morgan fingerprint density at radius 2 is 2.04 bits per heavy atom. The van der Waals surface area contributed by atoms with Crippen LogP contribution in [0.3, 0.4) is 0 Å². The minimum absolute atomic E-state index is 0.0720. The minimum Gasteiger partial charge on any atom is -0.467 e. The lowest BCUT2D eigenvalue weighted by molar-refractivity contribution is -0.174. The Morgan fingerprint density at radius 1 is 1.42 bits per heavy atom. The van der Waals surface area contributed by atoms with Crippen LogP contribution in [-0.4, -0.2) is 54.6 Å². The van der Waals surface area contributed by atoms with E-state index < -0.39 is 42.0 Å². The third kappa shape index (κ3) is 4.72. The number of hydrogen-bond donors (Lipinski definition) is 1. The molecular weight excluding hydrogens is 329 g/mol. The second-order valence-electron chi connectivity index (χ2n) is 5.60. The Labute approximate surface area is 138 Å². The SMILES string of the molecule is C=CC[C@H](C(=O)N1CCC[C@H]1C(=O)OC)[C@H](C)NC(=O)C(F)(F)F. The molecule has 136 valence electrons. The lowest BCUT2D eigenvalue weighted by atomic mass is 9.95. The average molecular weight is 350 g/mol. The summed E-state index contributed by atoms with van der Waals surface area (Å²) in [6.45, 7) is 5.12. The van der Waals surface area contributed by atoms with Crippen molar-refractivity contribution in [2.75, 3.05) is 13.7 Å². The summed E-state index contributed by atoms with van der Waals surface area (Å²) in [6.07, 6.45) is -2.54. The molecule has 0 saturated carbocycles. The Kier molecular flexibility index (Phi) is 6.80. The number of amides is 2. The Bertz CT molecular complexity index is 507. The molecule has 1 fully saturated rings. The first-order valence-corrected chi connectivity index (χ1v) is 7.50. The number of likely N-dealkylation sites (tertiary alicyclic amines) is 1. The molecule has 0 unspecified atom stereocenters. The van der Waals surface area contributed by atoms with Gasteiger partial charge in [0, 0.05) is 12.6 Å². The van der Waals surface area contributed by atoms with E-state index in [0.29, 0.717) is 19.4 Å². The summed E-state index contributed by atoms with van der Waals surface area (Å²) in [5.74, 6) is -4.12. The third-order valence-corrected chi connectivity index (χ3v) is 3.97. The molecule has 1 saturated heterocycles. The van der Waals surface area contributed by atoms with Crippen LogP contribution in [0.5, 0.6) is 0 Å². The molecule has 0 aromatic heterocycles.